The van der Waals surface area contributed by atoms with Crippen molar-refractivity contribution in [1.29, 1.82) is 0 Å². The van der Waals surface area contributed by atoms with Crippen LogP contribution in [0, 0.1) is 0 Å². The minimum absolute atomic E-state index is 0.209. The molecule has 2 aromatic carbocycles. The Morgan fingerprint density at radius 3 is 2.54 bits per heavy atom. The van der Waals surface area contributed by atoms with Gasteiger partial charge >= 0.3 is 0 Å². The molecule has 2 N–H and O–H groups in total. The minimum atomic E-state index is -0.366. The fourth-order valence-electron chi connectivity index (χ4n) is 2.46. The maximum atomic E-state index is 12.2. The van der Waals surface area contributed by atoms with Crippen LogP contribution in [-0.2, 0) is 4.79 Å². The molecular weight excluding hydrogens is 424 g/mol. The molecule has 2 amide bonds. The third-order valence-corrected chi connectivity index (χ3v) is 4.23. The second kappa shape index (κ2) is 9.05. The number of ether oxygens (including phenoxy) is 1. The molecule has 3 aromatic rings. The average molecular weight is 441 g/mol. The van der Waals surface area contributed by atoms with Crippen LogP contribution in [-0.4, -0.2) is 18.9 Å². The molecule has 1 heterocycles. The maximum Gasteiger partial charge on any atom is 0.291 e. The predicted octanol–water partition coefficient (Wildman–Crippen LogP) is 4.95. The molecule has 3 rings (SSSR count). The molecule has 0 saturated heterocycles. The lowest BCUT2D eigenvalue weighted by Crippen LogP contribution is -2.12. The number of benzene rings is 2. The second-order valence-corrected chi connectivity index (χ2v) is 6.64. The molecule has 28 heavy (non-hydrogen) atoms. The number of halogens is 1. The van der Waals surface area contributed by atoms with E-state index in [0.717, 1.165) is 10.0 Å². The van der Waals surface area contributed by atoms with Gasteiger partial charge in [-0.25, -0.2) is 0 Å². The number of amides is 2. The van der Waals surface area contributed by atoms with E-state index in [4.69, 9.17) is 9.15 Å². The number of carbonyl (C=O) groups is 2. The van der Waals surface area contributed by atoms with Crippen molar-refractivity contribution in [2.24, 2.45) is 0 Å². The van der Waals surface area contributed by atoms with Gasteiger partial charge in [0, 0.05) is 27.5 Å². The Hall–Kier alpha value is -3.32. The molecule has 142 valence electrons. The SMILES string of the molecule is COc1ccc(Br)cc1C=CC(=O)Nc1cccc(NC(=O)c2ccco2)c1. The molecule has 6 nitrogen and oxygen atoms in total. The van der Waals surface area contributed by atoms with E-state index in [2.05, 4.69) is 26.6 Å². The van der Waals surface area contributed by atoms with Crippen LogP contribution in [0.5, 0.6) is 5.75 Å². The topological polar surface area (TPSA) is 80.6 Å². The standard InChI is InChI=1S/C21H17BrN2O4/c1-27-18-9-8-15(22)12-14(18)7-10-20(25)23-16-4-2-5-17(13-16)24-21(26)19-6-3-11-28-19/h2-13H,1H3,(H,23,25)(H,24,26). The fraction of sp³-hybridized carbons (Fsp3) is 0.0476. The lowest BCUT2D eigenvalue weighted by molar-refractivity contribution is -0.111. The monoisotopic (exact) mass is 440 g/mol. The van der Waals surface area contributed by atoms with Crippen molar-refractivity contribution in [3.63, 3.8) is 0 Å². The number of hydrogen-bond donors (Lipinski definition) is 2. The van der Waals surface area contributed by atoms with Crippen molar-refractivity contribution in [1.82, 2.24) is 0 Å². The van der Waals surface area contributed by atoms with Gasteiger partial charge in [-0.15, -0.1) is 0 Å². The smallest absolute Gasteiger partial charge is 0.291 e. The summed E-state index contributed by atoms with van der Waals surface area (Å²) in [6, 6.07) is 15.6. The molecule has 0 spiro atoms. The van der Waals surface area contributed by atoms with Crippen LogP contribution < -0.4 is 15.4 Å². The summed E-state index contributed by atoms with van der Waals surface area (Å²) < 4.78 is 11.2. The summed E-state index contributed by atoms with van der Waals surface area (Å²) in [5, 5.41) is 5.47. The molecule has 0 aliphatic heterocycles. The largest absolute Gasteiger partial charge is 0.496 e. The first kappa shape index (κ1) is 19.4. The van der Waals surface area contributed by atoms with Gasteiger partial charge in [-0.05, 0) is 54.6 Å². The Morgan fingerprint density at radius 2 is 1.82 bits per heavy atom. The van der Waals surface area contributed by atoms with E-state index < -0.39 is 0 Å². The highest BCUT2D eigenvalue weighted by atomic mass is 79.9. The van der Waals surface area contributed by atoms with Gasteiger partial charge in [0.2, 0.25) is 5.91 Å². The summed E-state index contributed by atoms with van der Waals surface area (Å²) in [4.78, 5) is 24.3. The number of nitrogens with one attached hydrogen (secondary N) is 2. The van der Waals surface area contributed by atoms with E-state index >= 15 is 0 Å². The number of hydrogen-bond acceptors (Lipinski definition) is 4. The summed E-state index contributed by atoms with van der Waals surface area (Å²) in [5.74, 6) is 0.196. The Labute approximate surface area is 170 Å². The van der Waals surface area contributed by atoms with E-state index in [1.807, 2.05) is 18.2 Å². The van der Waals surface area contributed by atoms with E-state index in [1.54, 1.807) is 49.6 Å². The summed E-state index contributed by atoms with van der Waals surface area (Å²) in [6.45, 7) is 0. The van der Waals surface area contributed by atoms with Crippen molar-refractivity contribution in [3.8, 4) is 5.75 Å². The molecule has 0 bridgehead atoms. The third-order valence-electron chi connectivity index (χ3n) is 3.74. The lowest BCUT2D eigenvalue weighted by Gasteiger charge is -2.07. The number of carbonyl (C=O) groups excluding carboxylic acids is 2. The molecule has 0 aliphatic carbocycles. The van der Waals surface area contributed by atoms with Crippen molar-refractivity contribution < 1.29 is 18.7 Å². The molecule has 1 aromatic heterocycles. The Morgan fingerprint density at radius 1 is 1.04 bits per heavy atom. The van der Waals surface area contributed by atoms with Crippen LogP contribution in [0.25, 0.3) is 6.08 Å². The molecule has 0 unspecified atom stereocenters. The van der Waals surface area contributed by atoms with Crippen molar-refractivity contribution >= 4 is 45.2 Å². The third kappa shape index (κ3) is 5.11. The number of rotatable bonds is 6. The first-order chi connectivity index (χ1) is 13.5. The van der Waals surface area contributed by atoms with Gasteiger partial charge in [-0.3, -0.25) is 9.59 Å². The molecule has 0 fully saturated rings. The lowest BCUT2D eigenvalue weighted by atomic mass is 10.2. The Bertz CT molecular complexity index is 1010. The highest BCUT2D eigenvalue weighted by molar-refractivity contribution is 9.10. The molecule has 0 aliphatic rings. The van der Waals surface area contributed by atoms with Crippen molar-refractivity contribution in [2.45, 2.75) is 0 Å². The van der Waals surface area contributed by atoms with Crippen LogP contribution in [0.4, 0.5) is 11.4 Å². The zero-order valence-electron chi connectivity index (χ0n) is 14.9. The Balaban J connectivity index is 1.66. The van der Waals surface area contributed by atoms with Gasteiger partial charge in [0.25, 0.3) is 5.91 Å². The van der Waals surface area contributed by atoms with E-state index in [1.165, 1.54) is 12.3 Å². The normalized spacial score (nSPS) is 10.6. The van der Waals surface area contributed by atoms with Crippen LogP contribution >= 0.6 is 15.9 Å². The summed E-state index contributed by atoms with van der Waals surface area (Å²) >= 11 is 3.40. The quantitative estimate of drug-likeness (QED) is 0.531. The van der Waals surface area contributed by atoms with Gasteiger partial charge in [-0.1, -0.05) is 22.0 Å². The van der Waals surface area contributed by atoms with Crippen LogP contribution in [0.2, 0.25) is 0 Å². The average Bonchev–Trinajstić information content (AvgIpc) is 3.22. The maximum absolute atomic E-state index is 12.2. The van der Waals surface area contributed by atoms with Gasteiger partial charge in [0.15, 0.2) is 5.76 Å². The first-order valence-electron chi connectivity index (χ1n) is 8.32. The highest BCUT2D eigenvalue weighted by Crippen LogP contribution is 2.24. The molecule has 7 heteroatoms. The zero-order chi connectivity index (χ0) is 19.9. The summed E-state index contributed by atoms with van der Waals surface area (Å²) in [5.41, 5.74) is 1.86. The molecule has 0 atom stereocenters. The van der Waals surface area contributed by atoms with Crippen molar-refractivity contribution in [3.05, 3.63) is 82.7 Å². The number of methoxy groups -OCH3 is 1. The summed E-state index contributed by atoms with van der Waals surface area (Å²) in [6.07, 6.45) is 4.51. The van der Waals surface area contributed by atoms with Gasteiger partial charge in [-0.2, -0.15) is 0 Å². The van der Waals surface area contributed by atoms with Crippen LogP contribution in [0.3, 0.4) is 0 Å². The molecule has 0 radical (unpaired) electrons. The summed E-state index contributed by atoms with van der Waals surface area (Å²) in [7, 11) is 1.57. The van der Waals surface area contributed by atoms with E-state index in [-0.39, 0.29) is 17.6 Å². The van der Waals surface area contributed by atoms with Gasteiger partial charge in [0.05, 0.1) is 13.4 Å². The number of furan rings is 1. The highest BCUT2D eigenvalue weighted by Gasteiger charge is 2.09. The molecule has 0 saturated carbocycles. The van der Waals surface area contributed by atoms with Gasteiger partial charge < -0.3 is 19.8 Å². The van der Waals surface area contributed by atoms with E-state index in [9.17, 15) is 9.59 Å². The zero-order valence-corrected chi connectivity index (χ0v) is 16.5. The van der Waals surface area contributed by atoms with E-state index in [0.29, 0.717) is 17.1 Å². The van der Waals surface area contributed by atoms with Gasteiger partial charge in [0.1, 0.15) is 5.75 Å². The second-order valence-electron chi connectivity index (χ2n) is 5.72. The first-order valence-corrected chi connectivity index (χ1v) is 9.12. The fourth-order valence-corrected chi connectivity index (χ4v) is 2.84. The molecular formula is C21H17BrN2O4. The van der Waals surface area contributed by atoms with Crippen LogP contribution in [0.15, 0.2) is 75.8 Å². The predicted molar refractivity (Wildman–Crippen MR) is 111 cm³/mol. The van der Waals surface area contributed by atoms with Crippen molar-refractivity contribution in [2.75, 3.05) is 17.7 Å². The van der Waals surface area contributed by atoms with Crippen LogP contribution in [0.1, 0.15) is 16.1 Å². The Kier molecular flexibility index (Phi) is 6.29. The minimum Gasteiger partial charge on any atom is -0.496 e. The number of anilines is 2.